The summed E-state index contributed by atoms with van der Waals surface area (Å²) in [6, 6.07) is 13.3. The lowest BCUT2D eigenvalue weighted by Gasteiger charge is -2.13. The molecule has 0 saturated heterocycles. The molecule has 0 bridgehead atoms. The summed E-state index contributed by atoms with van der Waals surface area (Å²) in [7, 11) is 0. The van der Waals surface area contributed by atoms with Gasteiger partial charge in [-0.25, -0.2) is 9.78 Å². The van der Waals surface area contributed by atoms with Crippen molar-refractivity contribution in [3.05, 3.63) is 70.3 Å². The molecular weight excluding hydrogens is 334 g/mol. The Morgan fingerprint density at radius 1 is 1.12 bits per heavy atom. The second-order valence-electron chi connectivity index (χ2n) is 5.77. The van der Waals surface area contributed by atoms with Crippen LogP contribution in [0.1, 0.15) is 36.1 Å². The van der Waals surface area contributed by atoms with Gasteiger partial charge in [0.1, 0.15) is 0 Å². The summed E-state index contributed by atoms with van der Waals surface area (Å²) in [4.78, 5) is 42.4. The van der Waals surface area contributed by atoms with Gasteiger partial charge in [0, 0.05) is 12.6 Å². The number of amides is 1. The molecule has 0 fully saturated rings. The number of aromatic nitrogens is 2. The van der Waals surface area contributed by atoms with Crippen LogP contribution in [0.4, 0.5) is 5.69 Å². The van der Waals surface area contributed by atoms with Crippen LogP contribution in [0.5, 0.6) is 0 Å². The first-order chi connectivity index (χ1) is 12.4. The lowest BCUT2D eigenvalue weighted by atomic mass is 10.2. The molecule has 0 saturated carbocycles. The van der Waals surface area contributed by atoms with Gasteiger partial charge in [0.25, 0.3) is 5.56 Å². The van der Waals surface area contributed by atoms with Gasteiger partial charge in [0.2, 0.25) is 5.91 Å². The van der Waals surface area contributed by atoms with E-state index in [1.54, 1.807) is 55.5 Å². The fourth-order valence-corrected chi connectivity index (χ4v) is 2.47. The number of carbonyl (C=O) groups is 2. The molecule has 1 amide bonds. The Bertz CT molecular complexity index is 1020. The smallest absolute Gasteiger partial charge is 0.338 e. The van der Waals surface area contributed by atoms with Gasteiger partial charge in [0.05, 0.1) is 16.5 Å². The standard InChI is InChI=1S/C19H17N3O4/c1-11(17-21-16-6-4-3-5-15(16)18(24)22-17)26-19(25)13-7-9-14(10-8-13)20-12(2)23/h3-11H,1-2H3,(H,20,23)(H,21,22,24)/t11-/m1/s1. The highest BCUT2D eigenvalue weighted by Crippen LogP contribution is 2.17. The van der Waals surface area contributed by atoms with Crippen LogP contribution in [0.2, 0.25) is 0 Å². The molecule has 0 aliphatic rings. The number of aromatic amines is 1. The highest BCUT2D eigenvalue weighted by Gasteiger charge is 2.17. The maximum Gasteiger partial charge on any atom is 0.338 e. The van der Waals surface area contributed by atoms with E-state index in [0.29, 0.717) is 22.2 Å². The van der Waals surface area contributed by atoms with Crippen molar-refractivity contribution < 1.29 is 14.3 Å². The van der Waals surface area contributed by atoms with Gasteiger partial charge >= 0.3 is 5.97 Å². The molecule has 1 heterocycles. The third-order valence-corrected chi connectivity index (χ3v) is 3.74. The topological polar surface area (TPSA) is 101 Å². The molecule has 1 atom stereocenters. The molecule has 0 radical (unpaired) electrons. The lowest BCUT2D eigenvalue weighted by Crippen LogP contribution is -2.17. The molecule has 0 spiro atoms. The zero-order chi connectivity index (χ0) is 18.7. The average Bonchev–Trinajstić information content (AvgIpc) is 2.61. The normalized spacial score (nSPS) is 11.8. The molecule has 2 aromatic carbocycles. The van der Waals surface area contributed by atoms with E-state index in [9.17, 15) is 14.4 Å². The second kappa shape index (κ2) is 7.18. The number of H-pyrrole nitrogens is 1. The number of para-hydroxylation sites is 1. The zero-order valence-corrected chi connectivity index (χ0v) is 14.3. The van der Waals surface area contributed by atoms with E-state index in [-0.39, 0.29) is 17.3 Å². The third-order valence-electron chi connectivity index (χ3n) is 3.74. The summed E-state index contributed by atoms with van der Waals surface area (Å²) in [5, 5.41) is 3.10. The molecule has 0 aliphatic carbocycles. The highest BCUT2D eigenvalue weighted by molar-refractivity contribution is 5.92. The molecule has 2 N–H and O–H groups in total. The van der Waals surface area contributed by atoms with E-state index in [1.165, 1.54) is 6.92 Å². The van der Waals surface area contributed by atoms with Crippen LogP contribution in [0.3, 0.4) is 0 Å². The number of benzene rings is 2. The molecule has 3 rings (SSSR count). The van der Waals surface area contributed by atoms with Gasteiger partial charge in [-0.2, -0.15) is 0 Å². The summed E-state index contributed by atoms with van der Waals surface area (Å²) >= 11 is 0. The van der Waals surface area contributed by atoms with E-state index in [2.05, 4.69) is 15.3 Å². The van der Waals surface area contributed by atoms with Gasteiger partial charge in [-0.05, 0) is 43.3 Å². The molecule has 3 aromatic rings. The van der Waals surface area contributed by atoms with Crippen molar-refractivity contribution >= 4 is 28.5 Å². The van der Waals surface area contributed by atoms with Crippen LogP contribution in [-0.2, 0) is 9.53 Å². The van der Waals surface area contributed by atoms with Gasteiger partial charge < -0.3 is 15.0 Å². The van der Waals surface area contributed by atoms with Crippen LogP contribution in [-0.4, -0.2) is 21.8 Å². The summed E-state index contributed by atoms with van der Waals surface area (Å²) in [5.74, 6) is -0.472. The van der Waals surface area contributed by atoms with E-state index < -0.39 is 12.1 Å². The maximum absolute atomic E-state index is 12.3. The van der Waals surface area contributed by atoms with Crippen LogP contribution in [0.25, 0.3) is 10.9 Å². The Kier molecular flexibility index (Phi) is 4.79. The molecule has 7 nitrogen and oxygen atoms in total. The van der Waals surface area contributed by atoms with Crippen molar-refractivity contribution in [1.29, 1.82) is 0 Å². The SMILES string of the molecule is CC(=O)Nc1ccc(C(=O)O[C@H](C)c2nc3ccccc3c(=O)[nH]2)cc1. The maximum atomic E-state index is 12.3. The average molecular weight is 351 g/mol. The van der Waals surface area contributed by atoms with E-state index in [0.717, 1.165) is 0 Å². The van der Waals surface area contributed by atoms with Gasteiger partial charge in [0.15, 0.2) is 11.9 Å². The van der Waals surface area contributed by atoms with Crippen molar-refractivity contribution in [3.8, 4) is 0 Å². The first-order valence-corrected chi connectivity index (χ1v) is 8.01. The Labute approximate surface area is 149 Å². The predicted molar refractivity (Wildman–Crippen MR) is 96.9 cm³/mol. The fraction of sp³-hybridized carbons (Fsp3) is 0.158. The van der Waals surface area contributed by atoms with E-state index in [4.69, 9.17) is 4.74 Å². The minimum absolute atomic E-state index is 0.194. The summed E-state index contributed by atoms with van der Waals surface area (Å²) in [6.45, 7) is 3.04. The number of hydrogen-bond donors (Lipinski definition) is 2. The number of nitrogens with zero attached hydrogens (tertiary/aromatic N) is 1. The van der Waals surface area contributed by atoms with Crippen molar-refractivity contribution in [2.45, 2.75) is 20.0 Å². The molecular formula is C19H17N3O4. The monoisotopic (exact) mass is 351 g/mol. The quantitative estimate of drug-likeness (QED) is 0.704. The Hall–Kier alpha value is -3.48. The fourth-order valence-electron chi connectivity index (χ4n) is 2.47. The van der Waals surface area contributed by atoms with Crippen LogP contribution in [0.15, 0.2) is 53.3 Å². The lowest BCUT2D eigenvalue weighted by molar-refractivity contribution is -0.114. The third kappa shape index (κ3) is 3.77. The number of anilines is 1. The summed E-state index contributed by atoms with van der Waals surface area (Å²) < 4.78 is 5.39. The summed E-state index contributed by atoms with van der Waals surface area (Å²) in [6.07, 6.45) is -0.727. The van der Waals surface area contributed by atoms with Gasteiger partial charge in [-0.15, -0.1) is 0 Å². The van der Waals surface area contributed by atoms with Crippen LogP contribution >= 0.6 is 0 Å². The number of nitrogens with one attached hydrogen (secondary N) is 2. The van der Waals surface area contributed by atoms with Crippen LogP contribution < -0.4 is 10.9 Å². The number of carbonyl (C=O) groups excluding carboxylic acids is 2. The highest BCUT2D eigenvalue weighted by atomic mass is 16.5. The van der Waals surface area contributed by atoms with Crippen molar-refractivity contribution in [2.24, 2.45) is 0 Å². The zero-order valence-electron chi connectivity index (χ0n) is 14.3. The Balaban J connectivity index is 1.77. The molecule has 1 aromatic heterocycles. The van der Waals surface area contributed by atoms with Gasteiger partial charge in [-0.3, -0.25) is 9.59 Å². The Morgan fingerprint density at radius 3 is 2.50 bits per heavy atom. The van der Waals surface area contributed by atoms with E-state index >= 15 is 0 Å². The van der Waals surface area contributed by atoms with Crippen molar-refractivity contribution in [1.82, 2.24) is 9.97 Å². The predicted octanol–water partition coefficient (Wildman–Crippen LogP) is 2.80. The van der Waals surface area contributed by atoms with Gasteiger partial charge in [-0.1, -0.05) is 12.1 Å². The summed E-state index contributed by atoms with van der Waals surface area (Å²) in [5.41, 5.74) is 1.17. The number of fused-ring (bicyclic) bond motifs is 1. The Morgan fingerprint density at radius 2 is 1.81 bits per heavy atom. The molecule has 0 aliphatic heterocycles. The first-order valence-electron chi connectivity index (χ1n) is 8.01. The molecule has 0 unspecified atom stereocenters. The second-order valence-corrected chi connectivity index (χ2v) is 5.77. The molecule has 7 heteroatoms. The largest absolute Gasteiger partial charge is 0.451 e. The first kappa shape index (κ1) is 17.3. The number of hydrogen-bond acceptors (Lipinski definition) is 5. The van der Waals surface area contributed by atoms with E-state index in [1.807, 2.05) is 0 Å². The number of esters is 1. The number of ether oxygens (including phenoxy) is 1. The minimum Gasteiger partial charge on any atom is -0.451 e. The molecule has 26 heavy (non-hydrogen) atoms. The van der Waals surface area contributed by atoms with Crippen molar-refractivity contribution in [2.75, 3.05) is 5.32 Å². The molecule has 132 valence electrons. The van der Waals surface area contributed by atoms with Crippen molar-refractivity contribution in [3.63, 3.8) is 0 Å². The van der Waals surface area contributed by atoms with Crippen LogP contribution in [0, 0.1) is 0 Å². The number of rotatable bonds is 4. The minimum atomic E-state index is -0.727.